The maximum atomic E-state index is 12.1. The molecule has 0 spiro atoms. The van der Waals surface area contributed by atoms with E-state index in [4.69, 9.17) is 4.74 Å². The van der Waals surface area contributed by atoms with E-state index in [1.54, 1.807) is 13.1 Å². The van der Waals surface area contributed by atoms with Gasteiger partial charge in [0.15, 0.2) is 5.82 Å². The fourth-order valence-corrected chi connectivity index (χ4v) is 3.22. The van der Waals surface area contributed by atoms with Crippen LogP contribution in [0.15, 0.2) is 6.20 Å². The largest absolute Gasteiger partial charge is 0.462 e. The fraction of sp³-hybridized carbons (Fsp3) is 0.688. The van der Waals surface area contributed by atoms with Crippen LogP contribution < -0.4 is 0 Å². The van der Waals surface area contributed by atoms with Crippen molar-refractivity contribution < 1.29 is 9.53 Å². The smallest absolute Gasteiger partial charge is 0.341 e. The number of rotatable bonds is 5. The number of aromatic amines is 1. The van der Waals surface area contributed by atoms with Crippen molar-refractivity contribution in [1.82, 2.24) is 35.3 Å². The number of H-pyrrole nitrogens is 1. The lowest BCUT2D eigenvalue weighted by Gasteiger charge is -2.22. The van der Waals surface area contributed by atoms with Gasteiger partial charge in [0.2, 0.25) is 0 Å². The van der Waals surface area contributed by atoms with Gasteiger partial charge < -0.3 is 4.74 Å². The zero-order valence-electron chi connectivity index (χ0n) is 15.2. The molecule has 1 aliphatic rings. The van der Waals surface area contributed by atoms with Gasteiger partial charge in [0.05, 0.1) is 30.6 Å². The van der Waals surface area contributed by atoms with Crippen molar-refractivity contribution in [2.24, 2.45) is 0 Å². The summed E-state index contributed by atoms with van der Waals surface area (Å²) in [6.45, 7) is 10.8. The van der Waals surface area contributed by atoms with Crippen LogP contribution in [0.3, 0.4) is 0 Å². The van der Waals surface area contributed by atoms with Crippen molar-refractivity contribution in [3.63, 3.8) is 0 Å². The summed E-state index contributed by atoms with van der Waals surface area (Å²) in [4.78, 5) is 14.4. The molecule has 1 fully saturated rings. The first-order chi connectivity index (χ1) is 11.9. The molecule has 1 atom stereocenters. The number of nitrogens with zero attached hydrogens (tertiary/aromatic N) is 6. The standard InChI is InChI=1S/C16H25N7O2/c1-5-25-15(24)12-8-17-19-14(12)11-6-7-22(9-11)10-13-18-20-21-23(13)16(2,3)4/h8,11H,5-7,9-10H2,1-4H3,(H,17,19)/t11-/m0/s1. The summed E-state index contributed by atoms with van der Waals surface area (Å²) in [7, 11) is 0. The molecule has 0 bridgehead atoms. The molecule has 9 heteroatoms. The van der Waals surface area contributed by atoms with Gasteiger partial charge >= 0.3 is 5.97 Å². The van der Waals surface area contributed by atoms with E-state index in [1.807, 2.05) is 4.68 Å². The monoisotopic (exact) mass is 347 g/mol. The lowest BCUT2D eigenvalue weighted by Crippen LogP contribution is -2.29. The summed E-state index contributed by atoms with van der Waals surface area (Å²) in [5, 5.41) is 19.1. The quantitative estimate of drug-likeness (QED) is 0.814. The summed E-state index contributed by atoms with van der Waals surface area (Å²) < 4.78 is 6.97. The Morgan fingerprint density at radius 1 is 1.44 bits per heavy atom. The SMILES string of the molecule is CCOC(=O)c1cn[nH]c1[C@H]1CCN(Cc2nnnn2C(C)(C)C)C1. The molecular weight excluding hydrogens is 322 g/mol. The molecule has 3 heterocycles. The number of carbonyl (C=O) groups excluding carboxylic acids is 1. The molecule has 1 saturated heterocycles. The number of hydrogen-bond donors (Lipinski definition) is 1. The molecule has 3 rings (SSSR count). The average Bonchev–Trinajstić information content (AvgIpc) is 3.26. The van der Waals surface area contributed by atoms with Crippen LogP contribution in [0.5, 0.6) is 0 Å². The van der Waals surface area contributed by atoms with Crippen LogP contribution in [0, 0.1) is 0 Å². The lowest BCUT2D eigenvalue weighted by atomic mass is 10.0. The third-order valence-electron chi connectivity index (χ3n) is 4.38. The maximum Gasteiger partial charge on any atom is 0.341 e. The number of likely N-dealkylation sites (tertiary alicyclic amines) is 1. The van der Waals surface area contributed by atoms with Gasteiger partial charge in [-0.1, -0.05) is 0 Å². The minimum atomic E-state index is -0.318. The van der Waals surface area contributed by atoms with Crippen LogP contribution in [0.2, 0.25) is 0 Å². The van der Waals surface area contributed by atoms with Crippen molar-refractivity contribution in [3.8, 4) is 0 Å². The maximum absolute atomic E-state index is 12.1. The predicted molar refractivity (Wildman–Crippen MR) is 90.0 cm³/mol. The molecule has 0 unspecified atom stereocenters. The van der Waals surface area contributed by atoms with Gasteiger partial charge in [0.1, 0.15) is 5.56 Å². The zero-order valence-corrected chi connectivity index (χ0v) is 15.2. The van der Waals surface area contributed by atoms with Crippen LogP contribution in [0.1, 0.15) is 61.9 Å². The molecule has 0 aromatic carbocycles. The fourth-order valence-electron chi connectivity index (χ4n) is 3.22. The van der Waals surface area contributed by atoms with E-state index in [9.17, 15) is 4.79 Å². The highest BCUT2D eigenvalue weighted by atomic mass is 16.5. The van der Waals surface area contributed by atoms with Gasteiger partial charge in [-0.25, -0.2) is 9.48 Å². The highest BCUT2D eigenvalue weighted by Crippen LogP contribution is 2.29. The molecule has 0 saturated carbocycles. The minimum Gasteiger partial charge on any atom is -0.462 e. The first-order valence-corrected chi connectivity index (χ1v) is 8.60. The number of tetrazole rings is 1. The third-order valence-corrected chi connectivity index (χ3v) is 4.38. The summed E-state index contributed by atoms with van der Waals surface area (Å²) in [6.07, 6.45) is 2.50. The van der Waals surface area contributed by atoms with Crippen LogP contribution >= 0.6 is 0 Å². The number of aromatic nitrogens is 6. The van der Waals surface area contributed by atoms with Crippen molar-refractivity contribution in [1.29, 1.82) is 0 Å². The van der Waals surface area contributed by atoms with E-state index in [-0.39, 0.29) is 17.4 Å². The second-order valence-electron chi connectivity index (χ2n) is 7.32. The van der Waals surface area contributed by atoms with Gasteiger partial charge in [-0.15, -0.1) is 5.10 Å². The third kappa shape index (κ3) is 3.71. The van der Waals surface area contributed by atoms with E-state index in [0.29, 0.717) is 18.7 Å². The topological polar surface area (TPSA) is 102 Å². The number of hydrogen-bond acceptors (Lipinski definition) is 7. The van der Waals surface area contributed by atoms with Gasteiger partial charge in [-0.3, -0.25) is 10.00 Å². The first-order valence-electron chi connectivity index (χ1n) is 8.60. The second-order valence-corrected chi connectivity index (χ2v) is 7.32. The molecular formula is C16H25N7O2. The van der Waals surface area contributed by atoms with Crippen molar-refractivity contribution in [2.45, 2.75) is 52.1 Å². The van der Waals surface area contributed by atoms with E-state index in [2.05, 4.69) is 51.4 Å². The Morgan fingerprint density at radius 3 is 2.96 bits per heavy atom. The van der Waals surface area contributed by atoms with E-state index < -0.39 is 0 Å². The van der Waals surface area contributed by atoms with E-state index >= 15 is 0 Å². The molecule has 25 heavy (non-hydrogen) atoms. The molecule has 0 aliphatic carbocycles. The molecule has 0 radical (unpaired) electrons. The van der Waals surface area contributed by atoms with Crippen LogP contribution in [-0.4, -0.2) is 61.0 Å². The Hall–Kier alpha value is -2.29. The highest BCUT2D eigenvalue weighted by Gasteiger charge is 2.31. The molecule has 9 nitrogen and oxygen atoms in total. The van der Waals surface area contributed by atoms with E-state index in [0.717, 1.165) is 31.0 Å². The van der Waals surface area contributed by atoms with Crippen LogP contribution in [-0.2, 0) is 16.8 Å². The highest BCUT2D eigenvalue weighted by molar-refractivity contribution is 5.90. The Morgan fingerprint density at radius 2 is 2.24 bits per heavy atom. The molecule has 2 aromatic heterocycles. The Kier molecular flexibility index (Phi) is 4.85. The number of carbonyl (C=O) groups is 1. The number of esters is 1. The Balaban J connectivity index is 1.68. The van der Waals surface area contributed by atoms with Crippen LogP contribution in [0.4, 0.5) is 0 Å². The lowest BCUT2D eigenvalue weighted by molar-refractivity contribution is 0.0524. The summed E-state index contributed by atoms with van der Waals surface area (Å²) in [5.74, 6) is 0.755. The molecule has 0 amide bonds. The van der Waals surface area contributed by atoms with Crippen LogP contribution in [0.25, 0.3) is 0 Å². The average molecular weight is 347 g/mol. The van der Waals surface area contributed by atoms with Crippen molar-refractivity contribution >= 4 is 5.97 Å². The first kappa shape index (κ1) is 17.5. The van der Waals surface area contributed by atoms with Gasteiger partial charge in [-0.2, -0.15) is 5.10 Å². The Bertz CT molecular complexity index is 731. The summed E-state index contributed by atoms with van der Waals surface area (Å²) >= 11 is 0. The molecule has 1 N–H and O–H groups in total. The molecule has 1 aliphatic heterocycles. The van der Waals surface area contributed by atoms with E-state index in [1.165, 1.54) is 0 Å². The van der Waals surface area contributed by atoms with Gasteiger partial charge in [0, 0.05) is 12.5 Å². The van der Waals surface area contributed by atoms with Crippen molar-refractivity contribution in [2.75, 3.05) is 19.7 Å². The normalized spacial score (nSPS) is 18.6. The predicted octanol–water partition coefficient (Wildman–Crippen LogP) is 1.32. The zero-order chi connectivity index (χ0) is 18.0. The summed E-state index contributed by atoms with van der Waals surface area (Å²) in [6, 6.07) is 0. The second kappa shape index (κ2) is 6.91. The minimum absolute atomic E-state index is 0.154. The van der Waals surface area contributed by atoms with Gasteiger partial charge in [-0.05, 0) is 51.1 Å². The number of ether oxygens (including phenoxy) is 1. The molecule has 2 aromatic rings. The molecule has 136 valence electrons. The number of nitrogens with one attached hydrogen (secondary N) is 1. The Labute approximate surface area is 146 Å². The summed E-state index contributed by atoms with van der Waals surface area (Å²) in [5.41, 5.74) is 1.24. The van der Waals surface area contributed by atoms with Crippen molar-refractivity contribution in [3.05, 3.63) is 23.3 Å². The van der Waals surface area contributed by atoms with Gasteiger partial charge in [0.25, 0.3) is 0 Å².